The normalized spacial score (nSPS) is 10.0. The van der Waals surface area contributed by atoms with Gasteiger partial charge in [-0.2, -0.15) is 0 Å². The first-order chi connectivity index (χ1) is 9.97. The molecule has 0 radical (unpaired) electrons. The van der Waals surface area contributed by atoms with Crippen LogP contribution in [0.15, 0.2) is 42.5 Å². The average molecular weight is 298 g/mol. The first kappa shape index (κ1) is 15.2. The molecule has 0 unspecified atom stereocenters. The van der Waals surface area contributed by atoms with Gasteiger partial charge in [-0.25, -0.2) is 0 Å². The SMILES string of the molecule is CC(=O)c1cccc(NC(=S)Nc2cccc(C)c2C)c1. The Morgan fingerprint density at radius 2 is 1.76 bits per heavy atom. The van der Waals surface area contributed by atoms with E-state index < -0.39 is 0 Å². The minimum Gasteiger partial charge on any atom is -0.332 e. The van der Waals surface area contributed by atoms with Crippen molar-refractivity contribution in [3.8, 4) is 0 Å². The van der Waals surface area contributed by atoms with Gasteiger partial charge in [0.25, 0.3) is 0 Å². The highest BCUT2D eigenvalue weighted by Gasteiger charge is 2.05. The molecule has 0 aliphatic carbocycles. The summed E-state index contributed by atoms with van der Waals surface area (Å²) in [6.45, 7) is 5.66. The Balaban J connectivity index is 2.10. The van der Waals surface area contributed by atoms with Crippen LogP contribution in [0.1, 0.15) is 28.4 Å². The van der Waals surface area contributed by atoms with E-state index in [-0.39, 0.29) is 5.78 Å². The second-order valence-corrected chi connectivity index (χ2v) is 5.37. The molecule has 0 saturated heterocycles. The Morgan fingerprint density at radius 3 is 2.48 bits per heavy atom. The summed E-state index contributed by atoms with van der Waals surface area (Å²) in [6.07, 6.45) is 0. The van der Waals surface area contributed by atoms with Gasteiger partial charge in [-0.15, -0.1) is 0 Å². The quantitative estimate of drug-likeness (QED) is 0.654. The lowest BCUT2D eigenvalue weighted by molar-refractivity contribution is 0.101. The molecule has 0 aromatic heterocycles. The maximum Gasteiger partial charge on any atom is 0.175 e. The summed E-state index contributed by atoms with van der Waals surface area (Å²) in [5.74, 6) is 0.0343. The van der Waals surface area contributed by atoms with E-state index in [1.807, 2.05) is 24.3 Å². The van der Waals surface area contributed by atoms with Crippen molar-refractivity contribution in [1.29, 1.82) is 0 Å². The fourth-order valence-corrected chi connectivity index (χ4v) is 2.21. The number of hydrogen-bond acceptors (Lipinski definition) is 2. The fourth-order valence-electron chi connectivity index (χ4n) is 1.99. The molecule has 2 N–H and O–H groups in total. The van der Waals surface area contributed by atoms with E-state index in [0.717, 1.165) is 11.4 Å². The molecule has 2 rings (SSSR count). The van der Waals surface area contributed by atoms with Crippen molar-refractivity contribution < 1.29 is 4.79 Å². The Kier molecular flexibility index (Phi) is 4.70. The highest BCUT2D eigenvalue weighted by atomic mass is 32.1. The van der Waals surface area contributed by atoms with Crippen molar-refractivity contribution in [1.82, 2.24) is 0 Å². The van der Waals surface area contributed by atoms with Gasteiger partial charge in [-0.3, -0.25) is 4.79 Å². The van der Waals surface area contributed by atoms with Crippen LogP contribution in [0, 0.1) is 13.8 Å². The lowest BCUT2D eigenvalue weighted by Gasteiger charge is -2.14. The molecule has 0 amide bonds. The summed E-state index contributed by atoms with van der Waals surface area (Å²) in [7, 11) is 0. The molecule has 0 spiro atoms. The summed E-state index contributed by atoms with van der Waals surface area (Å²) in [5, 5.41) is 6.79. The zero-order valence-corrected chi connectivity index (χ0v) is 13.2. The molecule has 4 heteroatoms. The van der Waals surface area contributed by atoms with Crippen LogP contribution in [0.3, 0.4) is 0 Å². The molecule has 0 aliphatic heterocycles. The molecule has 0 bridgehead atoms. The van der Waals surface area contributed by atoms with Crippen molar-refractivity contribution in [2.75, 3.05) is 10.6 Å². The summed E-state index contributed by atoms with van der Waals surface area (Å²) in [6, 6.07) is 13.3. The molecule has 3 nitrogen and oxygen atoms in total. The van der Waals surface area contributed by atoms with E-state index >= 15 is 0 Å². The van der Waals surface area contributed by atoms with E-state index in [2.05, 4.69) is 30.5 Å². The minimum atomic E-state index is 0.0343. The molecule has 2 aromatic rings. The largest absolute Gasteiger partial charge is 0.332 e. The number of benzene rings is 2. The van der Waals surface area contributed by atoms with E-state index in [4.69, 9.17) is 12.2 Å². The number of rotatable bonds is 3. The summed E-state index contributed by atoms with van der Waals surface area (Å²) < 4.78 is 0. The maximum atomic E-state index is 11.4. The summed E-state index contributed by atoms with van der Waals surface area (Å²) in [5.41, 5.74) is 4.82. The number of ketones is 1. The first-order valence-corrected chi connectivity index (χ1v) is 7.13. The van der Waals surface area contributed by atoms with E-state index in [1.165, 1.54) is 11.1 Å². The van der Waals surface area contributed by atoms with E-state index in [0.29, 0.717) is 10.7 Å². The molecule has 0 saturated carbocycles. The third-order valence-electron chi connectivity index (χ3n) is 3.38. The number of anilines is 2. The molecule has 108 valence electrons. The Bertz CT molecular complexity index is 695. The molecule has 0 fully saturated rings. The van der Waals surface area contributed by atoms with Gasteiger partial charge < -0.3 is 10.6 Å². The standard InChI is InChI=1S/C17H18N2OS/c1-11-6-4-9-16(12(11)2)19-17(21)18-15-8-5-7-14(10-15)13(3)20/h4-10H,1-3H3,(H2,18,19,21). The number of aryl methyl sites for hydroxylation is 1. The molecular weight excluding hydrogens is 280 g/mol. The van der Waals surface area contributed by atoms with Crippen molar-refractivity contribution in [2.24, 2.45) is 0 Å². The van der Waals surface area contributed by atoms with Crippen LogP contribution < -0.4 is 10.6 Å². The average Bonchev–Trinajstić information content (AvgIpc) is 2.44. The van der Waals surface area contributed by atoms with Crippen LogP contribution in [0.4, 0.5) is 11.4 Å². The van der Waals surface area contributed by atoms with Crippen LogP contribution in [0.5, 0.6) is 0 Å². The lowest BCUT2D eigenvalue weighted by atomic mass is 10.1. The molecule has 21 heavy (non-hydrogen) atoms. The van der Waals surface area contributed by atoms with Crippen molar-refractivity contribution in [3.05, 3.63) is 59.2 Å². The zero-order chi connectivity index (χ0) is 15.4. The molecule has 0 atom stereocenters. The molecule has 2 aromatic carbocycles. The lowest BCUT2D eigenvalue weighted by Crippen LogP contribution is -2.20. The number of Topliss-reactive ketones (excluding diaryl/α,β-unsaturated/α-hetero) is 1. The van der Waals surface area contributed by atoms with Crippen LogP contribution in [0.2, 0.25) is 0 Å². The second kappa shape index (κ2) is 6.50. The van der Waals surface area contributed by atoms with Gasteiger partial charge in [0.1, 0.15) is 0 Å². The minimum absolute atomic E-state index is 0.0343. The fraction of sp³-hybridized carbons (Fsp3) is 0.176. The van der Waals surface area contributed by atoms with Crippen LogP contribution in [-0.2, 0) is 0 Å². The van der Waals surface area contributed by atoms with Gasteiger partial charge >= 0.3 is 0 Å². The molecule has 0 heterocycles. The van der Waals surface area contributed by atoms with Crippen molar-refractivity contribution in [2.45, 2.75) is 20.8 Å². The maximum absolute atomic E-state index is 11.4. The number of thiocarbonyl (C=S) groups is 1. The monoisotopic (exact) mass is 298 g/mol. The van der Waals surface area contributed by atoms with E-state index in [1.54, 1.807) is 19.1 Å². The summed E-state index contributed by atoms with van der Waals surface area (Å²) in [4.78, 5) is 11.4. The highest BCUT2D eigenvalue weighted by Crippen LogP contribution is 2.18. The Labute approximate surface area is 130 Å². The number of carbonyl (C=O) groups excluding carboxylic acids is 1. The van der Waals surface area contributed by atoms with Crippen molar-refractivity contribution >= 4 is 34.5 Å². The Morgan fingerprint density at radius 1 is 1.05 bits per heavy atom. The van der Waals surface area contributed by atoms with Gasteiger partial charge in [0.05, 0.1) is 0 Å². The number of carbonyl (C=O) groups is 1. The smallest absolute Gasteiger partial charge is 0.175 e. The highest BCUT2D eigenvalue weighted by molar-refractivity contribution is 7.80. The van der Waals surface area contributed by atoms with Gasteiger partial charge in [0.15, 0.2) is 10.9 Å². The molecule has 0 aliphatic rings. The predicted molar refractivity (Wildman–Crippen MR) is 92.2 cm³/mol. The number of hydrogen-bond donors (Lipinski definition) is 2. The third-order valence-corrected chi connectivity index (χ3v) is 3.58. The van der Waals surface area contributed by atoms with Crippen LogP contribution in [-0.4, -0.2) is 10.9 Å². The Hall–Kier alpha value is -2.20. The van der Waals surface area contributed by atoms with E-state index in [9.17, 15) is 4.79 Å². The second-order valence-electron chi connectivity index (χ2n) is 4.96. The zero-order valence-electron chi connectivity index (χ0n) is 12.4. The first-order valence-electron chi connectivity index (χ1n) is 6.72. The van der Waals surface area contributed by atoms with Crippen molar-refractivity contribution in [3.63, 3.8) is 0 Å². The van der Waals surface area contributed by atoms with Crippen LogP contribution in [0.25, 0.3) is 0 Å². The third kappa shape index (κ3) is 3.89. The molecular formula is C17H18N2OS. The van der Waals surface area contributed by atoms with Gasteiger partial charge in [0, 0.05) is 16.9 Å². The topological polar surface area (TPSA) is 41.1 Å². The van der Waals surface area contributed by atoms with Gasteiger partial charge in [-0.1, -0.05) is 24.3 Å². The van der Waals surface area contributed by atoms with Gasteiger partial charge in [0.2, 0.25) is 0 Å². The number of nitrogens with one attached hydrogen (secondary N) is 2. The van der Waals surface area contributed by atoms with Crippen LogP contribution >= 0.6 is 12.2 Å². The van der Waals surface area contributed by atoms with Gasteiger partial charge in [-0.05, 0) is 62.3 Å². The summed E-state index contributed by atoms with van der Waals surface area (Å²) >= 11 is 5.32. The predicted octanol–water partition coefficient (Wildman–Crippen LogP) is 4.31.